The minimum atomic E-state index is -0.559. The molecule has 1 aromatic rings. The number of hydrogen-bond donors (Lipinski definition) is 2. The van der Waals surface area contributed by atoms with Crippen molar-refractivity contribution in [2.24, 2.45) is 0 Å². The second-order valence-electron chi connectivity index (χ2n) is 4.63. The summed E-state index contributed by atoms with van der Waals surface area (Å²) in [5, 5.41) is 4.51. The number of hydrogen-bond acceptors (Lipinski definition) is 4. The van der Waals surface area contributed by atoms with Gasteiger partial charge in [0.1, 0.15) is 0 Å². The Morgan fingerprint density at radius 3 is 2.62 bits per heavy atom. The maximum Gasteiger partial charge on any atom is 0.321 e. The van der Waals surface area contributed by atoms with E-state index in [0.29, 0.717) is 12.1 Å². The number of carbonyl (C=O) groups is 2. The van der Waals surface area contributed by atoms with E-state index in [1.165, 1.54) is 26.3 Å². The fourth-order valence-corrected chi connectivity index (χ4v) is 1.71. The van der Waals surface area contributed by atoms with E-state index < -0.39 is 23.8 Å². The van der Waals surface area contributed by atoms with Gasteiger partial charge in [0.25, 0.3) is 0 Å². The molecule has 1 rings (SSSR count). The first kappa shape index (κ1) is 16.9. The third-order valence-electron chi connectivity index (χ3n) is 3.15. The molecule has 0 unspecified atom stereocenters. The SMILES string of the molecule is CNC(=O)NC(=O)[C@@H](C)N(C)Cc1ccc(OC)c(F)c1. The van der Waals surface area contributed by atoms with Crippen LogP contribution in [0.3, 0.4) is 0 Å². The monoisotopic (exact) mass is 297 g/mol. The van der Waals surface area contributed by atoms with E-state index >= 15 is 0 Å². The largest absolute Gasteiger partial charge is 0.494 e. The molecule has 0 fully saturated rings. The van der Waals surface area contributed by atoms with Crippen molar-refractivity contribution in [1.29, 1.82) is 0 Å². The van der Waals surface area contributed by atoms with Crippen molar-refractivity contribution in [3.05, 3.63) is 29.6 Å². The summed E-state index contributed by atoms with van der Waals surface area (Å²) >= 11 is 0. The van der Waals surface area contributed by atoms with Gasteiger partial charge in [0.05, 0.1) is 13.2 Å². The van der Waals surface area contributed by atoms with Gasteiger partial charge in [0.2, 0.25) is 5.91 Å². The van der Waals surface area contributed by atoms with Crippen LogP contribution in [-0.4, -0.2) is 44.1 Å². The molecule has 0 saturated heterocycles. The van der Waals surface area contributed by atoms with Crippen molar-refractivity contribution in [1.82, 2.24) is 15.5 Å². The van der Waals surface area contributed by atoms with E-state index in [9.17, 15) is 14.0 Å². The van der Waals surface area contributed by atoms with Gasteiger partial charge >= 0.3 is 6.03 Å². The number of ether oxygens (including phenoxy) is 1. The van der Waals surface area contributed by atoms with Crippen LogP contribution < -0.4 is 15.4 Å². The summed E-state index contributed by atoms with van der Waals surface area (Å²) in [5.74, 6) is -0.705. The summed E-state index contributed by atoms with van der Waals surface area (Å²) in [4.78, 5) is 24.6. The molecule has 2 N–H and O–H groups in total. The Hall–Kier alpha value is -2.15. The first-order valence-corrected chi connectivity index (χ1v) is 6.44. The molecule has 21 heavy (non-hydrogen) atoms. The van der Waals surface area contributed by atoms with Gasteiger partial charge in [0, 0.05) is 13.6 Å². The molecule has 0 heterocycles. The average molecular weight is 297 g/mol. The lowest BCUT2D eigenvalue weighted by atomic mass is 10.1. The molecule has 1 atom stereocenters. The van der Waals surface area contributed by atoms with Gasteiger partial charge < -0.3 is 10.1 Å². The topological polar surface area (TPSA) is 70.7 Å². The van der Waals surface area contributed by atoms with Crippen LogP contribution in [0.4, 0.5) is 9.18 Å². The lowest BCUT2D eigenvalue weighted by Gasteiger charge is -2.23. The summed E-state index contributed by atoms with van der Waals surface area (Å²) in [6.45, 7) is 2.03. The summed E-state index contributed by atoms with van der Waals surface area (Å²) in [6.07, 6.45) is 0. The Morgan fingerprint density at radius 1 is 1.43 bits per heavy atom. The normalized spacial score (nSPS) is 11.9. The van der Waals surface area contributed by atoms with Gasteiger partial charge in [0.15, 0.2) is 11.6 Å². The molecule has 6 nitrogen and oxygen atoms in total. The Kier molecular flexibility index (Phi) is 6.10. The van der Waals surface area contributed by atoms with Crippen LogP contribution in [0, 0.1) is 5.82 Å². The predicted octanol–water partition coefficient (Wildman–Crippen LogP) is 1.11. The van der Waals surface area contributed by atoms with Gasteiger partial charge in [-0.05, 0) is 31.7 Å². The highest BCUT2D eigenvalue weighted by Crippen LogP contribution is 2.18. The first-order chi connectivity index (χ1) is 9.88. The molecule has 0 bridgehead atoms. The number of imide groups is 1. The van der Waals surface area contributed by atoms with Crippen molar-refractivity contribution in [3.8, 4) is 5.75 Å². The quantitative estimate of drug-likeness (QED) is 0.854. The van der Waals surface area contributed by atoms with Gasteiger partial charge in [-0.25, -0.2) is 9.18 Å². The van der Waals surface area contributed by atoms with Crippen LogP contribution >= 0.6 is 0 Å². The van der Waals surface area contributed by atoms with Gasteiger partial charge in [-0.15, -0.1) is 0 Å². The minimum Gasteiger partial charge on any atom is -0.494 e. The van der Waals surface area contributed by atoms with Crippen molar-refractivity contribution in [2.45, 2.75) is 19.5 Å². The van der Waals surface area contributed by atoms with E-state index in [1.807, 2.05) is 0 Å². The van der Waals surface area contributed by atoms with E-state index in [-0.39, 0.29) is 5.75 Å². The summed E-state index contributed by atoms with van der Waals surface area (Å²) in [6, 6.07) is 3.53. The number of carbonyl (C=O) groups excluding carboxylic acids is 2. The molecule has 1 aromatic carbocycles. The molecule has 0 aromatic heterocycles. The van der Waals surface area contributed by atoms with Crippen LogP contribution in [0.15, 0.2) is 18.2 Å². The number of urea groups is 1. The van der Waals surface area contributed by atoms with Gasteiger partial charge in [-0.2, -0.15) is 0 Å². The third-order valence-corrected chi connectivity index (χ3v) is 3.15. The lowest BCUT2D eigenvalue weighted by Crippen LogP contribution is -2.47. The lowest BCUT2D eigenvalue weighted by molar-refractivity contribution is -0.124. The predicted molar refractivity (Wildman–Crippen MR) is 76.5 cm³/mol. The second-order valence-corrected chi connectivity index (χ2v) is 4.63. The number of amides is 3. The standard InChI is InChI=1S/C14H20FN3O3/c1-9(13(19)17-14(20)16-2)18(3)8-10-5-6-12(21-4)11(15)7-10/h5-7,9H,8H2,1-4H3,(H2,16,17,19,20)/t9-/m1/s1. The summed E-state index contributed by atoms with van der Waals surface area (Å²) in [5.41, 5.74) is 0.704. The number of nitrogens with zero attached hydrogens (tertiary/aromatic N) is 1. The zero-order valence-electron chi connectivity index (χ0n) is 12.6. The van der Waals surface area contributed by atoms with E-state index in [2.05, 4.69) is 10.6 Å². The van der Waals surface area contributed by atoms with Crippen molar-refractivity contribution in [3.63, 3.8) is 0 Å². The fraction of sp³-hybridized carbons (Fsp3) is 0.429. The second kappa shape index (κ2) is 7.58. The highest BCUT2D eigenvalue weighted by atomic mass is 19.1. The van der Waals surface area contributed by atoms with E-state index in [1.54, 1.807) is 24.9 Å². The molecule has 0 saturated carbocycles. The maximum absolute atomic E-state index is 13.6. The van der Waals surface area contributed by atoms with Crippen LogP contribution in [0.1, 0.15) is 12.5 Å². The molecule has 3 amide bonds. The van der Waals surface area contributed by atoms with Crippen molar-refractivity contribution in [2.75, 3.05) is 21.2 Å². The number of rotatable bonds is 5. The van der Waals surface area contributed by atoms with Crippen LogP contribution in [0.2, 0.25) is 0 Å². The Labute approximate surface area is 123 Å². The number of methoxy groups -OCH3 is 1. The minimum absolute atomic E-state index is 0.173. The molecule has 0 aliphatic carbocycles. The molecule has 7 heteroatoms. The highest BCUT2D eigenvalue weighted by molar-refractivity contribution is 5.96. The van der Waals surface area contributed by atoms with Crippen molar-refractivity contribution < 1.29 is 18.7 Å². The van der Waals surface area contributed by atoms with E-state index in [4.69, 9.17) is 4.74 Å². The molecule has 0 aliphatic rings. The fourth-order valence-electron chi connectivity index (χ4n) is 1.71. The van der Waals surface area contributed by atoms with Crippen LogP contribution in [-0.2, 0) is 11.3 Å². The zero-order chi connectivity index (χ0) is 16.0. The smallest absolute Gasteiger partial charge is 0.321 e. The van der Waals surface area contributed by atoms with Crippen LogP contribution in [0.5, 0.6) is 5.75 Å². The Morgan fingerprint density at radius 2 is 2.10 bits per heavy atom. The van der Waals surface area contributed by atoms with Crippen molar-refractivity contribution >= 4 is 11.9 Å². The molecule has 116 valence electrons. The zero-order valence-corrected chi connectivity index (χ0v) is 12.6. The molecule has 0 radical (unpaired) electrons. The average Bonchev–Trinajstić information content (AvgIpc) is 2.46. The van der Waals surface area contributed by atoms with E-state index in [0.717, 1.165) is 0 Å². The summed E-state index contributed by atoms with van der Waals surface area (Å²) in [7, 11) is 4.54. The summed E-state index contributed by atoms with van der Waals surface area (Å²) < 4.78 is 18.5. The maximum atomic E-state index is 13.6. The molecule has 0 spiro atoms. The Bertz CT molecular complexity index is 522. The Balaban J connectivity index is 2.67. The number of halogens is 1. The highest BCUT2D eigenvalue weighted by Gasteiger charge is 2.20. The molecule has 0 aliphatic heterocycles. The molecular formula is C14H20FN3O3. The number of benzene rings is 1. The van der Waals surface area contributed by atoms with Crippen LogP contribution in [0.25, 0.3) is 0 Å². The van der Waals surface area contributed by atoms with Gasteiger partial charge in [-0.3, -0.25) is 15.0 Å². The third kappa shape index (κ3) is 4.71. The number of nitrogens with one attached hydrogen (secondary N) is 2. The molecular weight excluding hydrogens is 277 g/mol. The first-order valence-electron chi connectivity index (χ1n) is 6.44. The number of likely N-dealkylation sites (N-methyl/N-ethyl adjacent to an activating group) is 1. The van der Waals surface area contributed by atoms with Gasteiger partial charge in [-0.1, -0.05) is 6.07 Å².